The molecule has 2 aliphatic heterocycles. The summed E-state index contributed by atoms with van der Waals surface area (Å²) >= 11 is 6.92. The average molecular weight is 495 g/mol. The van der Waals surface area contributed by atoms with Crippen LogP contribution in [0.15, 0.2) is 59.0 Å². The lowest BCUT2D eigenvalue weighted by Gasteiger charge is -2.26. The summed E-state index contributed by atoms with van der Waals surface area (Å²) in [6.07, 6.45) is 3.45. The molecule has 176 valence electrons. The topological polar surface area (TPSA) is 91.3 Å². The molecule has 3 aromatic rings. The van der Waals surface area contributed by atoms with Gasteiger partial charge in [0.1, 0.15) is 10.8 Å². The van der Waals surface area contributed by atoms with Crippen molar-refractivity contribution in [3.8, 4) is 0 Å². The van der Waals surface area contributed by atoms with Crippen LogP contribution >= 0.6 is 24.0 Å². The van der Waals surface area contributed by atoms with Gasteiger partial charge in [0.15, 0.2) is 10.3 Å². The molecule has 5 rings (SSSR count). The zero-order chi connectivity index (χ0) is 23.2. The Morgan fingerprint density at radius 3 is 2.50 bits per heavy atom. The van der Waals surface area contributed by atoms with Crippen molar-refractivity contribution in [2.45, 2.75) is 23.3 Å². The van der Waals surface area contributed by atoms with E-state index in [9.17, 15) is 0 Å². The standard InChI is InChI=1S/C23H26N8OS2/c33-22(24-8-9-30-10-12-32-13-11-30)29-21-27-19(31-15-17-4-1-2-5-18(17)16-31)14-20(28-21)34-23-25-6-3-7-26-23/h1-7,14H,8-13,15-16H2,(H2,24,27,28,29,33). The SMILES string of the molecule is S=C(NCCN1CCOCC1)Nc1nc(Sc2ncccn2)cc(N2Cc3ccccc3C2)n1. The van der Waals surface area contributed by atoms with Gasteiger partial charge in [-0.2, -0.15) is 4.98 Å². The van der Waals surface area contributed by atoms with E-state index in [2.05, 4.69) is 59.7 Å². The highest BCUT2D eigenvalue weighted by atomic mass is 32.2. The third-order valence-corrected chi connectivity index (χ3v) is 6.69. The number of rotatable bonds is 7. The molecule has 1 fully saturated rings. The van der Waals surface area contributed by atoms with Crippen LogP contribution in [0.4, 0.5) is 11.8 Å². The Morgan fingerprint density at radius 2 is 1.76 bits per heavy atom. The number of aromatic nitrogens is 4. The molecule has 2 aromatic heterocycles. The number of nitrogens with zero attached hydrogens (tertiary/aromatic N) is 6. The summed E-state index contributed by atoms with van der Waals surface area (Å²) in [5.41, 5.74) is 2.63. The van der Waals surface area contributed by atoms with Crippen LogP contribution in [-0.2, 0) is 17.8 Å². The maximum Gasteiger partial charge on any atom is 0.232 e. The summed E-state index contributed by atoms with van der Waals surface area (Å²) < 4.78 is 5.40. The van der Waals surface area contributed by atoms with E-state index in [1.807, 2.05) is 6.07 Å². The van der Waals surface area contributed by atoms with Crippen molar-refractivity contribution in [3.63, 3.8) is 0 Å². The van der Waals surface area contributed by atoms with Crippen molar-refractivity contribution in [1.82, 2.24) is 30.2 Å². The first-order chi connectivity index (χ1) is 16.7. The summed E-state index contributed by atoms with van der Waals surface area (Å²) in [6.45, 7) is 6.74. The van der Waals surface area contributed by atoms with E-state index < -0.39 is 0 Å². The Labute approximate surface area is 208 Å². The number of hydrogen-bond donors (Lipinski definition) is 2. The number of morpholine rings is 1. The number of fused-ring (bicyclic) bond motifs is 1. The molecule has 1 aromatic carbocycles. The lowest BCUT2D eigenvalue weighted by molar-refractivity contribution is 0.0389. The van der Waals surface area contributed by atoms with Crippen molar-refractivity contribution >= 4 is 40.9 Å². The first-order valence-electron chi connectivity index (χ1n) is 11.2. The summed E-state index contributed by atoms with van der Waals surface area (Å²) in [5.74, 6) is 1.29. The second kappa shape index (κ2) is 11.0. The maximum atomic E-state index is 5.52. The molecule has 1 saturated heterocycles. The zero-order valence-corrected chi connectivity index (χ0v) is 20.3. The molecule has 2 aliphatic rings. The molecule has 0 radical (unpaired) electrons. The van der Waals surface area contributed by atoms with E-state index in [0.29, 0.717) is 16.2 Å². The van der Waals surface area contributed by atoms with Crippen molar-refractivity contribution in [1.29, 1.82) is 0 Å². The predicted molar refractivity (Wildman–Crippen MR) is 136 cm³/mol. The molecule has 4 heterocycles. The summed E-state index contributed by atoms with van der Waals surface area (Å²) in [7, 11) is 0. The minimum atomic E-state index is 0.454. The highest BCUT2D eigenvalue weighted by Crippen LogP contribution is 2.31. The number of thiocarbonyl (C=S) groups is 1. The lowest BCUT2D eigenvalue weighted by atomic mass is 10.1. The number of benzene rings is 1. The van der Waals surface area contributed by atoms with Crippen LogP contribution in [0.25, 0.3) is 0 Å². The molecule has 0 amide bonds. The zero-order valence-electron chi connectivity index (χ0n) is 18.7. The highest BCUT2D eigenvalue weighted by Gasteiger charge is 2.21. The normalized spacial score (nSPS) is 15.7. The van der Waals surface area contributed by atoms with Crippen LogP contribution in [0.1, 0.15) is 11.1 Å². The summed E-state index contributed by atoms with van der Waals surface area (Å²) in [5, 5.41) is 8.32. The third-order valence-electron chi connectivity index (χ3n) is 5.63. The predicted octanol–water partition coefficient (Wildman–Crippen LogP) is 2.56. The molecule has 0 aliphatic carbocycles. The first-order valence-corrected chi connectivity index (χ1v) is 12.5. The molecule has 0 saturated carbocycles. The first kappa shape index (κ1) is 22.9. The van der Waals surface area contributed by atoms with E-state index in [0.717, 1.165) is 63.3 Å². The largest absolute Gasteiger partial charge is 0.379 e. The second-order valence-corrected chi connectivity index (χ2v) is 9.38. The Kier molecular flexibility index (Phi) is 7.44. The van der Waals surface area contributed by atoms with Crippen LogP contribution in [0.3, 0.4) is 0 Å². The number of hydrogen-bond acceptors (Lipinski definition) is 9. The minimum Gasteiger partial charge on any atom is -0.379 e. The number of ether oxygens (including phenoxy) is 1. The maximum absolute atomic E-state index is 5.52. The summed E-state index contributed by atoms with van der Waals surface area (Å²) in [6, 6.07) is 12.2. The molecular formula is C23H26N8OS2. The van der Waals surface area contributed by atoms with Gasteiger partial charge in [-0.15, -0.1) is 0 Å². The van der Waals surface area contributed by atoms with Gasteiger partial charge in [0, 0.05) is 57.7 Å². The van der Waals surface area contributed by atoms with E-state index in [1.54, 1.807) is 18.5 Å². The van der Waals surface area contributed by atoms with Gasteiger partial charge in [0.05, 0.1) is 13.2 Å². The Morgan fingerprint density at radius 1 is 1.03 bits per heavy atom. The quantitative estimate of drug-likeness (QED) is 0.288. The van der Waals surface area contributed by atoms with Crippen molar-refractivity contribution in [2.75, 3.05) is 49.6 Å². The Balaban J connectivity index is 1.28. The second-order valence-electron chi connectivity index (χ2n) is 7.98. The fourth-order valence-electron chi connectivity index (χ4n) is 3.91. The molecule has 2 N–H and O–H groups in total. The van der Waals surface area contributed by atoms with E-state index in [1.165, 1.54) is 22.9 Å². The highest BCUT2D eigenvalue weighted by molar-refractivity contribution is 7.99. The molecule has 0 spiro atoms. The molecule has 0 bridgehead atoms. The Bertz CT molecular complexity index is 1100. The fourth-order valence-corrected chi connectivity index (χ4v) is 4.81. The van der Waals surface area contributed by atoms with Crippen LogP contribution < -0.4 is 15.5 Å². The molecule has 0 unspecified atom stereocenters. The van der Waals surface area contributed by atoms with Crippen molar-refractivity contribution in [3.05, 3.63) is 59.9 Å². The van der Waals surface area contributed by atoms with Gasteiger partial charge >= 0.3 is 0 Å². The number of anilines is 2. The van der Waals surface area contributed by atoms with Crippen molar-refractivity contribution in [2.24, 2.45) is 0 Å². The van der Waals surface area contributed by atoms with Gasteiger partial charge < -0.3 is 20.3 Å². The van der Waals surface area contributed by atoms with E-state index in [4.69, 9.17) is 21.9 Å². The number of nitrogens with one attached hydrogen (secondary N) is 2. The molecule has 11 heteroatoms. The fraction of sp³-hybridized carbons (Fsp3) is 0.348. The van der Waals surface area contributed by atoms with Gasteiger partial charge in [-0.1, -0.05) is 24.3 Å². The van der Waals surface area contributed by atoms with Gasteiger partial charge in [0.25, 0.3) is 0 Å². The van der Waals surface area contributed by atoms with Gasteiger partial charge in [-0.05, 0) is 41.2 Å². The van der Waals surface area contributed by atoms with E-state index >= 15 is 0 Å². The van der Waals surface area contributed by atoms with Gasteiger partial charge in [0.2, 0.25) is 5.95 Å². The van der Waals surface area contributed by atoms with Crippen LogP contribution in [0, 0.1) is 0 Å². The van der Waals surface area contributed by atoms with Crippen molar-refractivity contribution < 1.29 is 4.74 Å². The average Bonchev–Trinajstić information content (AvgIpc) is 3.30. The van der Waals surface area contributed by atoms with E-state index in [-0.39, 0.29) is 0 Å². The Hall–Kier alpha value is -2.86. The monoisotopic (exact) mass is 494 g/mol. The smallest absolute Gasteiger partial charge is 0.232 e. The van der Waals surface area contributed by atoms with Gasteiger partial charge in [-0.25, -0.2) is 15.0 Å². The lowest BCUT2D eigenvalue weighted by Crippen LogP contribution is -2.42. The molecule has 9 nitrogen and oxygen atoms in total. The van der Waals surface area contributed by atoms with Crippen LogP contribution in [-0.4, -0.2) is 69.3 Å². The molecule has 34 heavy (non-hydrogen) atoms. The van der Waals surface area contributed by atoms with Gasteiger partial charge in [-0.3, -0.25) is 4.90 Å². The third kappa shape index (κ3) is 5.98. The van der Waals surface area contributed by atoms with Crippen LogP contribution in [0.2, 0.25) is 0 Å². The summed E-state index contributed by atoms with van der Waals surface area (Å²) in [4.78, 5) is 22.7. The minimum absolute atomic E-state index is 0.454. The molecular weight excluding hydrogens is 468 g/mol. The van der Waals surface area contributed by atoms with Crippen LogP contribution in [0.5, 0.6) is 0 Å². The molecule has 0 atom stereocenters.